The predicted octanol–water partition coefficient (Wildman–Crippen LogP) is -1.74. The van der Waals surface area contributed by atoms with Crippen molar-refractivity contribution in [3.05, 3.63) is 0 Å². The second-order valence-corrected chi connectivity index (χ2v) is 3.89. The molecule has 3 N–H and O–H groups in total. The highest BCUT2D eigenvalue weighted by atomic mass is 16.5. The highest BCUT2D eigenvalue weighted by Gasteiger charge is 2.06. The Morgan fingerprint density at radius 3 is 2.75 bits per heavy atom. The third kappa shape index (κ3) is 9.85. The second kappa shape index (κ2) is 9.53. The fourth-order valence-corrected chi connectivity index (χ4v) is 1.19. The molecule has 0 aromatic rings. The third-order valence-corrected chi connectivity index (χ3v) is 1.87. The first-order valence-electron chi connectivity index (χ1n) is 5.35. The van der Waals surface area contributed by atoms with E-state index in [2.05, 4.69) is 10.6 Å². The van der Waals surface area contributed by atoms with Crippen LogP contribution < -0.4 is 10.6 Å². The number of rotatable bonds is 9. The zero-order chi connectivity index (χ0) is 12.4. The van der Waals surface area contributed by atoms with Gasteiger partial charge in [-0.25, -0.2) is 0 Å². The minimum atomic E-state index is -0.457. The Labute approximate surface area is 97.0 Å². The molecule has 0 aliphatic carbocycles. The summed E-state index contributed by atoms with van der Waals surface area (Å²) in [7, 11) is 5.36. The Balaban J connectivity index is 3.39. The summed E-state index contributed by atoms with van der Waals surface area (Å²) in [4.78, 5) is 13.1. The second-order valence-electron chi connectivity index (χ2n) is 3.89. The van der Waals surface area contributed by atoms with E-state index in [4.69, 9.17) is 4.74 Å². The van der Waals surface area contributed by atoms with Crippen LogP contribution >= 0.6 is 0 Å². The van der Waals surface area contributed by atoms with E-state index in [-0.39, 0.29) is 12.5 Å². The molecule has 0 spiro atoms. The largest absolute Gasteiger partial charge is 0.390 e. The number of nitrogens with one attached hydrogen (secondary N) is 2. The fourth-order valence-electron chi connectivity index (χ4n) is 1.19. The molecule has 6 heteroatoms. The van der Waals surface area contributed by atoms with Crippen LogP contribution in [0.3, 0.4) is 0 Å². The van der Waals surface area contributed by atoms with Crippen molar-refractivity contribution in [1.82, 2.24) is 15.5 Å². The van der Waals surface area contributed by atoms with Crippen LogP contribution in [0.15, 0.2) is 0 Å². The lowest BCUT2D eigenvalue weighted by Crippen LogP contribution is -2.40. The zero-order valence-electron chi connectivity index (χ0n) is 10.3. The minimum Gasteiger partial charge on any atom is -0.390 e. The van der Waals surface area contributed by atoms with Crippen LogP contribution in [0.5, 0.6) is 0 Å². The number of methoxy groups -OCH3 is 1. The molecule has 0 bridgehead atoms. The van der Waals surface area contributed by atoms with Crippen LogP contribution in [0.4, 0.5) is 0 Å². The maximum absolute atomic E-state index is 11.2. The van der Waals surface area contributed by atoms with Gasteiger partial charge in [0, 0.05) is 26.7 Å². The van der Waals surface area contributed by atoms with Gasteiger partial charge in [-0.2, -0.15) is 0 Å². The first kappa shape index (κ1) is 15.3. The molecule has 0 aliphatic rings. The average Bonchev–Trinajstić information content (AvgIpc) is 2.17. The summed E-state index contributed by atoms with van der Waals surface area (Å²) in [6.07, 6.45) is -0.457. The molecule has 0 saturated carbocycles. The molecule has 1 atom stereocenters. The van der Waals surface area contributed by atoms with Gasteiger partial charge in [-0.1, -0.05) is 0 Å². The smallest absolute Gasteiger partial charge is 0.234 e. The van der Waals surface area contributed by atoms with Gasteiger partial charge in [0.1, 0.15) is 0 Å². The zero-order valence-corrected chi connectivity index (χ0v) is 10.3. The van der Waals surface area contributed by atoms with E-state index in [1.54, 1.807) is 7.11 Å². The Morgan fingerprint density at radius 2 is 2.19 bits per heavy atom. The van der Waals surface area contributed by atoms with Crippen LogP contribution in [0, 0.1) is 0 Å². The number of aliphatic hydroxyl groups excluding tert-OH is 1. The SMILES string of the molecule is COCCNC(=O)CNCC(O)CN(C)C. The molecule has 0 fully saturated rings. The fraction of sp³-hybridized carbons (Fsp3) is 0.900. The molecule has 6 nitrogen and oxygen atoms in total. The lowest BCUT2D eigenvalue weighted by molar-refractivity contribution is -0.120. The topological polar surface area (TPSA) is 73.8 Å². The number of amides is 1. The van der Waals surface area contributed by atoms with Gasteiger partial charge in [0.2, 0.25) is 5.91 Å². The molecule has 0 aromatic heterocycles. The molecule has 0 rings (SSSR count). The molecule has 16 heavy (non-hydrogen) atoms. The highest BCUT2D eigenvalue weighted by molar-refractivity contribution is 5.77. The predicted molar refractivity (Wildman–Crippen MR) is 62.3 cm³/mol. The average molecular weight is 233 g/mol. The van der Waals surface area contributed by atoms with E-state index < -0.39 is 6.10 Å². The van der Waals surface area contributed by atoms with Gasteiger partial charge < -0.3 is 25.4 Å². The number of hydrogen-bond acceptors (Lipinski definition) is 5. The van der Waals surface area contributed by atoms with Crippen LogP contribution in [-0.4, -0.2) is 76.0 Å². The van der Waals surface area contributed by atoms with E-state index in [1.807, 2.05) is 19.0 Å². The molecule has 0 radical (unpaired) electrons. The number of carbonyl (C=O) groups excluding carboxylic acids is 1. The first-order valence-corrected chi connectivity index (χ1v) is 5.35. The van der Waals surface area contributed by atoms with Crippen LogP contribution in [0.25, 0.3) is 0 Å². The maximum atomic E-state index is 11.2. The summed E-state index contributed by atoms with van der Waals surface area (Å²) < 4.78 is 4.80. The van der Waals surface area contributed by atoms with Crippen molar-refractivity contribution in [3.8, 4) is 0 Å². The Kier molecular flexibility index (Phi) is 9.12. The standard InChI is InChI=1S/C10H23N3O3/c1-13(2)8-9(14)6-11-7-10(15)12-4-5-16-3/h9,11,14H,4-8H2,1-3H3,(H,12,15). The van der Waals surface area contributed by atoms with E-state index >= 15 is 0 Å². The van der Waals surface area contributed by atoms with Crippen molar-refractivity contribution >= 4 is 5.91 Å². The van der Waals surface area contributed by atoms with Gasteiger partial charge in [-0.3, -0.25) is 4.79 Å². The van der Waals surface area contributed by atoms with Crippen LogP contribution in [-0.2, 0) is 9.53 Å². The van der Waals surface area contributed by atoms with Gasteiger partial charge in [0.05, 0.1) is 19.3 Å². The monoisotopic (exact) mass is 233 g/mol. The number of likely N-dealkylation sites (N-methyl/N-ethyl adjacent to an activating group) is 1. The molecule has 1 unspecified atom stereocenters. The maximum Gasteiger partial charge on any atom is 0.234 e. The molecule has 0 saturated heterocycles. The summed E-state index contributed by atoms with van der Waals surface area (Å²) in [5, 5.41) is 15.1. The van der Waals surface area contributed by atoms with Crippen molar-refractivity contribution in [2.24, 2.45) is 0 Å². The van der Waals surface area contributed by atoms with Gasteiger partial charge >= 0.3 is 0 Å². The minimum absolute atomic E-state index is 0.0888. The summed E-state index contributed by atoms with van der Waals surface area (Å²) in [5.41, 5.74) is 0. The van der Waals surface area contributed by atoms with E-state index in [1.165, 1.54) is 0 Å². The summed E-state index contributed by atoms with van der Waals surface area (Å²) in [6.45, 7) is 2.23. The first-order chi connectivity index (χ1) is 7.56. The van der Waals surface area contributed by atoms with E-state index in [0.717, 1.165) is 0 Å². The summed E-state index contributed by atoms with van der Waals surface area (Å²) in [5.74, 6) is -0.0888. The van der Waals surface area contributed by atoms with Gasteiger partial charge in [-0.15, -0.1) is 0 Å². The van der Waals surface area contributed by atoms with Crippen LogP contribution in [0.2, 0.25) is 0 Å². The van der Waals surface area contributed by atoms with Crippen LogP contribution in [0.1, 0.15) is 0 Å². The van der Waals surface area contributed by atoms with E-state index in [9.17, 15) is 9.90 Å². The molecule has 0 heterocycles. The molecular weight excluding hydrogens is 210 g/mol. The van der Waals surface area contributed by atoms with Crippen molar-refractivity contribution in [3.63, 3.8) is 0 Å². The van der Waals surface area contributed by atoms with Gasteiger partial charge in [0.25, 0.3) is 0 Å². The Morgan fingerprint density at radius 1 is 1.50 bits per heavy atom. The van der Waals surface area contributed by atoms with E-state index in [0.29, 0.717) is 26.2 Å². The lowest BCUT2D eigenvalue weighted by atomic mass is 10.3. The Hall–Kier alpha value is -0.690. The molecule has 1 amide bonds. The van der Waals surface area contributed by atoms with Crippen molar-refractivity contribution < 1.29 is 14.6 Å². The normalized spacial score (nSPS) is 12.8. The molecule has 0 aliphatic heterocycles. The molecule has 96 valence electrons. The van der Waals surface area contributed by atoms with Crippen molar-refractivity contribution in [2.75, 3.05) is 54.0 Å². The highest BCUT2D eigenvalue weighted by Crippen LogP contribution is 1.83. The molecular formula is C10H23N3O3. The number of aliphatic hydroxyl groups is 1. The van der Waals surface area contributed by atoms with Crippen molar-refractivity contribution in [2.45, 2.75) is 6.10 Å². The number of nitrogens with zero attached hydrogens (tertiary/aromatic N) is 1. The third-order valence-electron chi connectivity index (χ3n) is 1.87. The summed E-state index contributed by atoms with van der Waals surface area (Å²) >= 11 is 0. The number of ether oxygens (including phenoxy) is 1. The molecule has 0 aromatic carbocycles. The summed E-state index contributed by atoms with van der Waals surface area (Å²) in [6, 6.07) is 0. The number of carbonyl (C=O) groups is 1. The van der Waals surface area contributed by atoms with Crippen molar-refractivity contribution in [1.29, 1.82) is 0 Å². The quantitative estimate of drug-likeness (QED) is 0.412. The van der Waals surface area contributed by atoms with Gasteiger partial charge in [-0.05, 0) is 14.1 Å². The number of hydrogen-bond donors (Lipinski definition) is 3. The lowest BCUT2D eigenvalue weighted by Gasteiger charge is -2.16. The Bertz CT molecular complexity index is 188. The van der Waals surface area contributed by atoms with Gasteiger partial charge in [0.15, 0.2) is 0 Å².